The zero-order valence-corrected chi connectivity index (χ0v) is 12.7. The summed E-state index contributed by atoms with van der Waals surface area (Å²) in [6, 6.07) is 0.0828. The van der Waals surface area contributed by atoms with Crippen LogP contribution in [0, 0.1) is 5.92 Å². The van der Waals surface area contributed by atoms with Crippen molar-refractivity contribution in [2.75, 3.05) is 13.7 Å². The molecule has 0 radical (unpaired) electrons. The summed E-state index contributed by atoms with van der Waals surface area (Å²) in [5.41, 5.74) is 1.02. The molecule has 1 rings (SSSR count). The first-order chi connectivity index (χ1) is 8.02. The van der Waals surface area contributed by atoms with E-state index in [0.29, 0.717) is 5.92 Å². The van der Waals surface area contributed by atoms with E-state index in [0.717, 1.165) is 16.8 Å². The van der Waals surface area contributed by atoms with Crippen LogP contribution in [0.2, 0.25) is 0 Å². The zero-order chi connectivity index (χ0) is 13.0. The monoisotopic (exact) mass is 304 g/mol. The fourth-order valence-electron chi connectivity index (χ4n) is 2.05. The Morgan fingerprint density at radius 1 is 1.47 bits per heavy atom. The molecule has 6 heteroatoms. The topological polar surface area (TPSA) is 52.0 Å². The minimum absolute atomic E-state index is 0.0828. The summed E-state index contributed by atoms with van der Waals surface area (Å²) in [5.74, 6) is 0.408. The van der Waals surface area contributed by atoms with Gasteiger partial charge in [-0.3, -0.25) is 0 Å². The van der Waals surface area contributed by atoms with Crippen LogP contribution in [0.3, 0.4) is 0 Å². The number of nitrogens with zero attached hydrogens (tertiary/aromatic N) is 3. The number of aromatic nitrogens is 3. The molecule has 1 N–H and O–H groups in total. The molecule has 0 amide bonds. The molecule has 0 bridgehead atoms. The summed E-state index contributed by atoms with van der Waals surface area (Å²) < 4.78 is 8.16. The van der Waals surface area contributed by atoms with Crippen LogP contribution in [0.1, 0.15) is 32.5 Å². The molecule has 0 fully saturated rings. The molecule has 17 heavy (non-hydrogen) atoms. The van der Waals surface area contributed by atoms with Gasteiger partial charge < -0.3 is 10.1 Å². The number of halogens is 1. The van der Waals surface area contributed by atoms with Gasteiger partial charge in [-0.25, -0.2) is 4.68 Å². The molecule has 2 unspecified atom stereocenters. The smallest absolute Gasteiger partial charge is 0.153 e. The third kappa shape index (κ3) is 3.26. The Kier molecular flexibility index (Phi) is 5.55. The summed E-state index contributed by atoms with van der Waals surface area (Å²) in [7, 11) is 3.64. The molecule has 0 aromatic carbocycles. The first-order valence-corrected chi connectivity index (χ1v) is 6.63. The van der Waals surface area contributed by atoms with Gasteiger partial charge in [-0.05, 0) is 28.4 Å². The fourth-order valence-corrected chi connectivity index (χ4v) is 2.62. The van der Waals surface area contributed by atoms with Gasteiger partial charge in [0.05, 0.1) is 17.8 Å². The second-order valence-electron chi connectivity index (χ2n) is 4.37. The van der Waals surface area contributed by atoms with Crippen molar-refractivity contribution in [2.24, 2.45) is 13.0 Å². The lowest BCUT2D eigenvalue weighted by Gasteiger charge is -2.29. The van der Waals surface area contributed by atoms with Crippen molar-refractivity contribution in [3.8, 4) is 0 Å². The largest absolute Gasteiger partial charge is 0.379 e. The molecule has 1 heterocycles. The quantitative estimate of drug-likeness (QED) is 0.872. The summed E-state index contributed by atoms with van der Waals surface area (Å²) in [6.07, 6.45) is 0.0865. The number of methoxy groups -OCH3 is 1. The van der Waals surface area contributed by atoms with Gasteiger partial charge in [0, 0.05) is 14.2 Å². The van der Waals surface area contributed by atoms with Crippen molar-refractivity contribution in [2.45, 2.75) is 32.9 Å². The highest BCUT2D eigenvalue weighted by Gasteiger charge is 2.30. The molecule has 1 aromatic rings. The lowest BCUT2D eigenvalue weighted by molar-refractivity contribution is 0.0306. The summed E-state index contributed by atoms with van der Waals surface area (Å²) in [5, 5.41) is 11.5. The van der Waals surface area contributed by atoms with E-state index in [1.165, 1.54) is 0 Å². The minimum atomic E-state index is 0.0828. The maximum atomic E-state index is 5.61. The number of ether oxygens (including phenoxy) is 1. The van der Waals surface area contributed by atoms with E-state index in [4.69, 9.17) is 4.74 Å². The van der Waals surface area contributed by atoms with E-state index in [1.54, 1.807) is 11.8 Å². The lowest BCUT2D eigenvalue weighted by Crippen LogP contribution is -2.38. The normalized spacial score (nSPS) is 15.2. The molecule has 1 aromatic heterocycles. The standard InChI is InChI=1S/C11H21BrN4O/c1-6-13-8(10(17-5)7(2)3)9-11(12)14-15-16(9)4/h7-8,10,13H,6H2,1-5H3. The fraction of sp³-hybridized carbons (Fsp3) is 0.818. The van der Waals surface area contributed by atoms with Crippen LogP contribution in [0.4, 0.5) is 0 Å². The molecule has 0 aliphatic carbocycles. The Morgan fingerprint density at radius 3 is 2.47 bits per heavy atom. The number of aryl methyl sites for hydroxylation is 1. The highest BCUT2D eigenvalue weighted by atomic mass is 79.9. The maximum absolute atomic E-state index is 5.61. The van der Waals surface area contributed by atoms with E-state index in [9.17, 15) is 0 Å². The van der Waals surface area contributed by atoms with Crippen LogP contribution in [-0.4, -0.2) is 34.8 Å². The SMILES string of the molecule is CCNC(c1c(Br)nnn1C)C(OC)C(C)C. The van der Waals surface area contributed by atoms with Gasteiger partial charge in [-0.1, -0.05) is 26.0 Å². The van der Waals surface area contributed by atoms with Crippen LogP contribution in [0.5, 0.6) is 0 Å². The Hall–Kier alpha value is -0.460. The van der Waals surface area contributed by atoms with Gasteiger partial charge >= 0.3 is 0 Å². The second kappa shape index (κ2) is 6.47. The first kappa shape index (κ1) is 14.6. The van der Waals surface area contributed by atoms with Crippen LogP contribution >= 0.6 is 15.9 Å². The van der Waals surface area contributed by atoms with Gasteiger partial charge in [-0.2, -0.15) is 0 Å². The molecular formula is C11H21BrN4O. The van der Waals surface area contributed by atoms with Gasteiger partial charge in [0.15, 0.2) is 4.60 Å². The maximum Gasteiger partial charge on any atom is 0.153 e. The number of nitrogens with one attached hydrogen (secondary N) is 1. The number of rotatable bonds is 6. The van der Waals surface area contributed by atoms with E-state index in [1.807, 2.05) is 7.05 Å². The van der Waals surface area contributed by atoms with Gasteiger partial charge in [0.25, 0.3) is 0 Å². The third-order valence-electron chi connectivity index (χ3n) is 2.80. The average molecular weight is 305 g/mol. The van der Waals surface area contributed by atoms with Crippen molar-refractivity contribution in [1.82, 2.24) is 20.3 Å². The van der Waals surface area contributed by atoms with Crippen LogP contribution in [0.25, 0.3) is 0 Å². The molecule has 0 saturated carbocycles. The summed E-state index contributed by atoms with van der Waals surface area (Å²) in [4.78, 5) is 0. The molecule has 0 spiro atoms. The Labute approximate surface area is 111 Å². The highest BCUT2D eigenvalue weighted by Crippen LogP contribution is 2.28. The number of hydrogen-bond acceptors (Lipinski definition) is 4. The van der Waals surface area contributed by atoms with Crippen molar-refractivity contribution in [1.29, 1.82) is 0 Å². The highest BCUT2D eigenvalue weighted by molar-refractivity contribution is 9.10. The van der Waals surface area contributed by atoms with Gasteiger partial charge in [0.2, 0.25) is 0 Å². The summed E-state index contributed by atoms with van der Waals surface area (Å²) in [6.45, 7) is 7.25. The molecule has 98 valence electrons. The first-order valence-electron chi connectivity index (χ1n) is 5.84. The Bertz CT molecular complexity index is 334. The minimum Gasteiger partial charge on any atom is -0.379 e. The van der Waals surface area contributed by atoms with Gasteiger partial charge in [0.1, 0.15) is 0 Å². The number of likely N-dealkylation sites (N-methyl/N-ethyl adjacent to an activating group) is 1. The van der Waals surface area contributed by atoms with Crippen molar-refractivity contribution in [3.05, 3.63) is 10.3 Å². The van der Waals surface area contributed by atoms with Crippen LogP contribution in [-0.2, 0) is 11.8 Å². The van der Waals surface area contributed by atoms with Crippen molar-refractivity contribution in [3.63, 3.8) is 0 Å². The van der Waals surface area contributed by atoms with Crippen molar-refractivity contribution >= 4 is 15.9 Å². The molecule has 5 nitrogen and oxygen atoms in total. The third-order valence-corrected chi connectivity index (χ3v) is 3.37. The molecule has 2 atom stereocenters. The molecule has 0 saturated heterocycles. The molecule has 0 aliphatic heterocycles. The second-order valence-corrected chi connectivity index (χ2v) is 5.12. The predicted molar refractivity (Wildman–Crippen MR) is 70.8 cm³/mol. The lowest BCUT2D eigenvalue weighted by atomic mass is 9.97. The zero-order valence-electron chi connectivity index (χ0n) is 11.1. The van der Waals surface area contributed by atoms with Gasteiger partial charge in [-0.15, -0.1) is 5.10 Å². The predicted octanol–water partition coefficient (Wildman–Crippen LogP) is 1.90. The average Bonchev–Trinajstić information content (AvgIpc) is 2.58. The van der Waals surface area contributed by atoms with E-state index >= 15 is 0 Å². The molecular weight excluding hydrogens is 284 g/mol. The molecule has 0 aliphatic rings. The van der Waals surface area contributed by atoms with Crippen molar-refractivity contribution < 1.29 is 4.74 Å². The van der Waals surface area contributed by atoms with E-state index in [2.05, 4.69) is 52.3 Å². The van der Waals surface area contributed by atoms with Crippen LogP contribution < -0.4 is 5.32 Å². The van der Waals surface area contributed by atoms with E-state index < -0.39 is 0 Å². The van der Waals surface area contributed by atoms with E-state index in [-0.39, 0.29) is 12.1 Å². The van der Waals surface area contributed by atoms with Crippen LogP contribution in [0.15, 0.2) is 4.60 Å². The summed E-state index contributed by atoms with van der Waals surface area (Å²) >= 11 is 3.44. The number of hydrogen-bond donors (Lipinski definition) is 1. The Morgan fingerprint density at radius 2 is 2.12 bits per heavy atom. The Balaban J connectivity index is 3.07.